The van der Waals surface area contributed by atoms with E-state index >= 15 is 0 Å². The smallest absolute Gasteiger partial charge is 0.277 e. The Morgan fingerprint density at radius 3 is 2.71 bits per heavy atom. The van der Waals surface area contributed by atoms with Crippen molar-refractivity contribution >= 4 is 23.4 Å². The fraction of sp³-hybridized carbons (Fsp3) is 0.214. The van der Waals surface area contributed by atoms with Crippen LogP contribution in [-0.4, -0.2) is 40.9 Å². The highest BCUT2D eigenvalue weighted by molar-refractivity contribution is 6.17. The van der Waals surface area contributed by atoms with Crippen molar-refractivity contribution in [1.29, 1.82) is 0 Å². The third kappa shape index (κ3) is 2.92. The normalized spacial score (nSPS) is 14.4. The standard InChI is InChI=1S/C14H15N3O4/c1-8-2-3-9(13(15)20)6-10(8)16-11-7-12(19)17(4-5-18)14(11)21/h2-3,6-7,16,18H,4-5H2,1H3,(H2,15,20). The summed E-state index contributed by atoms with van der Waals surface area (Å²) in [7, 11) is 0. The number of aryl methyl sites for hydroxylation is 1. The maximum Gasteiger partial charge on any atom is 0.277 e. The van der Waals surface area contributed by atoms with Crippen LogP contribution >= 0.6 is 0 Å². The zero-order valence-corrected chi connectivity index (χ0v) is 11.4. The van der Waals surface area contributed by atoms with Gasteiger partial charge in [-0.2, -0.15) is 0 Å². The Labute approximate surface area is 121 Å². The molecule has 1 aliphatic rings. The van der Waals surface area contributed by atoms with Crippen LogP contribution in [0.25, 0.3) is 0 Å². The molecule has 1 aliphatic heterocycles. The quantitative estimate of drug-likeness (QED) is 0.647. The molecule has 1 heterocycles. The minimum Gasteiger partial charge on any atom is -0.395 e. The third-order valence-electron chi connectivity index (χ3n) is 3.12. The summed E-state index contributed by atoms with van der Waals surface area (Å²) < 4.78 is 0. The van der Waals surface area contributed by atoms with Gasteiger partial charge in [0.25, 0.3) is 11.8 Å². The molecule has 4 N–H and O–H groups in total. The number of anilines is 1. The minimum atomic E-state index is -0.581. The number of nitrogens with two attached hydrogens (primary N) is 1. The molecule has 0 atom stereocenters. The summed E-state index contributed by atoms with van der Waals surface area (Å²) in [5, 5.41) is 11.7. The van der Waals surface area contributed by atoms with E-state index < -0.39 is 17.7 Å². The molecule has 3 amide bonds. The van der Waals surface area contributed by atoms with E-state index in [1.165, 1.54) is 6.07 Å². The van der Waals surface area contributed by atoms with Gasteiger partial charge in [0.05, 0.1) is 13.2 Å². The van der Waals surface area contributed by atoms with Crippen LogP contribution in [0.1, 0.15) is 15.9 Å². The second-order valence-electron chi connectivity index (χ2n) is 4.60. The number of hydrogen-bond donors (Lipinski definition) is 3. The number of imide groups is 1. The molecule has 7 heteroatoms. The summed E-state index contributed by atoms with van der Waals surface area (Å²) >= 11 is 0. The molecule has 2 rings (SSSR count). The van der Waals surface area contributed by atoms with Crippen molar-refractivity contribution in [1.82, 2.24) is 4.90 Å². The molecule has 1 aromatic rings. The molecular weight excluding hydrogens is 274 g/mol. The van der Waals surface area contributed by atoms with Crippen LogP contribution in [0.15, 0.2) is 30.0 Å². The Hall–Kier alpha value is -2.67. The molecule has 0 aliphatic carbocycles. The molecule has 0 saturated carbocycles. The van der Waals surface area contributed by atoms with E-state index in [9.17, 15) is 14.4 Å². The first-order valence-corrected chi connectivity index (χ1v) is 6.30. The van der Waals surface area contributed by atoms with Gasteiger partial charge in [-0.15, -0.1) is 0 Å². The Balaban J connectivity index is 2.25. The van der Waals surface area contributed by atoms with Crippen LogP contribution in [-0.2, 0) is 9.59 Å². The lowest BCUT2D eigenvalue weighted by atomic mass is 10.1. The van der Waals surface area contributed by atoms with E-state index in [0.717, 1.165) is 16.5 Å². The first kappa shape index (κ1) is 14.7. The predicted molar refractivity (Wildman–Crippen MR) is 75.2 cm³/mol. The number of benzene rings is 1. The SMILES string of the molecule is Cc1ccc(C(N)=O)cc1NC1=CC(=O)N(CCO)C1=O. The number of primary amides is 1. The average Bonchev–Trinajstić information content (AvgIpc) is 2.69. The van der Waals surface area contributed by atoms with Crippen molar-refractivity contribution in [2.75, 3.05) is 18.5 Å². The third-order valence-corrected chi connectivity index (χ3v) is 3.12. The zero-order chi connectivity index (χ0) is 15.6. The molecule has 1 aromatic carbocycles. The zero-order valence-electron chi connectivity index (χ0n) is 11.4. The first-order chi connectivity index (χ1) is 9.93. The highest BCUT2D eigenvalue weighted by atomic mass is 16.3. The van der Waals surface area contributed by atoms with E-state index in [-0.39, 0.29) is 18.8 Å². The lowest BCUT2D eigenvalue weighted by molar-refractivity contribution is -0.137. The molecule has 7 nitrogen and oxygen atoms in total. The van der Waals surface area contributed by atoms with Crippen LogP contribution in [0.2, 0.25) is 0 Å². The summed E-state index contributed by atoms with van der Waals surface area (Å²) in [6.07, 6.45) is 1.16. The summed E-state index contributed by atoms with van der Waals surface area (Å²) in [6.45, 7) is 1.44. The van der Waals surface area contributed by atoms with Crippen molar-refractivity contribution in [3.63, 3.8) is 0 Å². The fourth-order valence-corrected chi connectivity index (χ4v) is 1.96. The second kappa shape index (κ2) is 5.76. The van der Waals surface area contributed by atoms with Crippen molar-refractivity contribution in [3.8, 4) is 0 Å². The number of nitrogens with zero attached hydrogens (tertiary/aromatic N) is 1. The second-order valence-corrected chi connectivity index (χ2v) is 4.60. The summed E-state index contributed by atoms with van der Waals surface area (Å²) in [5.74, 6) is -1.58. The predicted octanol–water partition coefficient (Wildman–Crippen LogP) is -0.249. The molecule has 0 bridgehead atoms. The van der Waals surface area contributed by atoms with E-state index in [1.54, 1.807) is 19.1 Å². The highest BCUT2D eigenvalue weighted by Crippen LogP contribution is 2.21. The van der Waals surface area contributed by atoms with Crippen molar-refractivity contribution < 1.29 is 19.5 Å². The number of rotatable bonds is 5. The van der Waals surface area contributed by atoms with Gasteiger partial charge in [0.2, 0.25) is 5.91 Å². The number of carbonyl (C=O) groups excluding carboxylic acids is 3. The van der Waals surface area contributed by atoms with Crippen LogP contribution in [0, 0.1) is 6.92 Å². The Morgan fingerprint density at radius 1 is 1.38 bits per heavy atom. The summed E-state index contributed by atoms with van der Waals surface area (Å²) in [6, 6.07) is 4.79. The van der Waals surface area contributed by atoms with E-state index in [0.29, 0.717) is 11.3 Å². The van der Waals surface area contributed by atoms with Gasteiger partial charge >= 0.3 is 0 Å². The van der Waals surface area contributed by atoms with Gasteiger partial charge in [0.1, 0.15) is 5.70 Å². The maximum atomic E-state index is 12.0. The van der Waals surface area contributed by atoms with Gasteiger partial charge in [-0.05, 0) is 24.6 Å². The molecule has 0 saturated heterocycles. The molecule has 110 valence electrons. The molecule has 0 aromatic heterocycles. The molecule has 0 radical (unpaired) electrons. The minimum absolute atomic E-state index is 0.0559. The topological polar surface area (TPSA) is 113 Å². The van der Waals surface area contributed by atoms with E-state index in [4.69, 9.17) is 10.8 Å². The van der Waals surface area contributed by atoms with Gasteiger partial charge < -0.3 is 16.2 Å². The molecular formula is C14H15N3O4. The van der Waals surface area contributed by atoms with Crippen molar-refractivity contribution in [3.05, 3.63) is 41.1 Å². The summed E-state index contributed by atoms with van der Waals surface area (Å²) in [4.78, 5) is 35.8. The molecule has 0 spiro atoms. The Bertz CT molecular complexity index is 652. The lowest BCUT2D eigenvalue weighted by Crippen LogP contribution is -2.34. The van der Waals surface area contributed by atoms with Gasteiger partial charge in [0.15, 0.2) is 0 Å². The Morgan fingerprint density at radius 2 is 2.10 bits per heavy atom. The van der Waals surface area contributed by atoms with Crippen molar-refractivity contribution in [2.45, 2.75) is 6.92 Å². The number of hydrogen-bond acceptors (Lipinski definition) is 5. The van der Waals surface area contributed by atoms with Crippen LogP contribution in [0.3, 0.4) is 0 Å². The molecule has 0 fully saturated rings. The maximum absolute atomic E-state index is 12.0. The van der Waals surface area contributed by atoms with E-state index in [2.05, 4.69) is 5.32 Å². The van der Waals surface area contributed by atoms with Crippen LogP contribution in [0.5, 0.6) is 0 Å². The van der Waals surface area contributed by atoms with Crippen molar-refractivity contribution in [2.24, 2.45) is 5.73 Å². The van der Waals surface area contributed by atoms with Gasteiger partial charge in [-0.3, -0.25) is 19.3 Å². The first-order valence-electron chi connectivity index (χ1n) is 6.30. The molecule has 21 heavy (non-hydrogen) atoms. The van der Waals surface area contributed by atoms with Crippen LogP contribution in [0.4, 0.5) is 5.69 Å². The van der Waals surface area contributed by atoms with Crippen LogP contribution < -0.4 is 11.1 Å². The molecule has 0 unspecified atom stereocenters. The summed E-state index contributed by atoms with van der Waals surface area (Å²) in [5.41, 5.74) is 6.92. The van der Waals surface area contributed by atoms with Gasteiger partial charge in [-0.25, -0.2) is 0 Å². The number of nitrogens with one attached hydrogen (secondary N) is 1. The number of aliphatic hydroxyl groups is 1. The number of aliphatic hydroxyl groups excluding tert-OH is 1. The number of carbonyl (C=O) groups is 3. The Kier molecular flexibility index (Phi) is 4.04. The van der Waals surface area contributed by atoms with Gasteiger partial charge in [-0.1, -0.05) is 6.07 Å². The van der Waals surface area contributed by atoms with Gasteiger partial charge in [0, 0.05) is 17.3 Å². The monoisotopic (exact) mass is 289 g/mol. The fourth-order valence-electron chi connectivity index (χ4n) is 1.96. The van der Waals surface area contributed by atoms with E-state index in [1.807, 2.05) is 0 Å². The lowest BCUT2D eigenvalue weighted by Gasteiger charge is -2.14. The average molecular weight is 289 g/mol. The highest BCUT2D eigenvalue weighted by Gasteiger charge is 2.30. The number of β-amino-alcohol motifs (C(OH)–C–C–N with tert-alkyl or cyclic N) is 1. The largest absolute Gasteiger partial charge is 0.395 e. The number of amides is 3.